The molecule has 5 nitrogen and oxygen atoms in total. The number of fused-ring (bicyclic) bond motifs is 1. The average molecular weight is 269 g/mol. The van der Waals surface area contributed by atoms with Crippen LogP contribution in [0.1, 0.15) is 30.1 Å². The summed E-state index contributed by atoms with van der Waals surface area (Å²) in [5.41, 5.74) is 2.34. The first-order chi connectivity index (χ1) is 9.83. The topological polar surface area (TPSA) is 53.9 Å². The van der Waals surface area contributed by atoms with Gasteiger partial charge in [-0.25, -0.2) is 9.97 Å². The molecule has 0 aromatic carbocycles. The van der Waals surface area contributed by atoms with Crippen LogP contribution in [-0.4, -0.2) is 41.1 Å². The minimum Gasteiger partial charge on any atom is -0.353 e. The molecular formula is C15H19N5. The maximum Gasteiger partial charge on any atom is 0.140 e. The van der Waals surface area contributed by atoms with Gasteiger partial charge >= 0.3 is 0 Å². The molecule has 0 amide bonds. The van der Waals surface area contributed by atoms with Crippen LogP contribution in [0.25, 0.3) is 10.9 Å². The maximum atomic E-state index is 4.76. The van der Waals surface area contributed by atoms with Gasteiger partial charge in [-0.05, 0) is 31.2 Å². The number of piperazine rings is 1. The monoisotopic (exact) mass is 269 g/mol. The third-order valence-corrected chi connectivity index (χ3v) is 4.16. The largest absolute Gasteiger partial charge is 0.353 e. The maximum absolute atomic E-state index is 4.76. The summed E-state index contributed by atoms with van der Waals surface area (Å²) in [6.45, 7) is 6.04. The van der Waals surface area contributed by atoms with Gasteiger partial charge in [0.25, 0.3) is 0 Å². The van der Waals surface area contributed by atoms with E-state index in [2.05, 4.69) is 20.2 Å². The summed E-state index contributed by atoms with van der Waals surface area (Å²) in [6.07, 6.45) is 6.44. The molecular weight excluding hydrogens is 250 g/mol. The summed E-state index contributed by atoms with van der Waals surface area (Å²) in [5.74, 6) is 2.61. The smallest absolute Gasteiger partial charge is 0.140 e. The van der Waals surface area contributed by atoms with Gasteiger partial charge in [0.2, 0.25) is 0 Å². The van der Waals surface area contributed by atoms with Crippen molar-refractivity contribution in [3.8, 4) is 0 Å². The number of hydrogen-bond donors (Lipinski definition) is 1. The van der Waals surface area contributed by atoms with Crippen molar-refractivity contribution in [2.45, 2.75) is 25.7 Å². The van der Waals surface area contributed by atoms with E-state index >= 15 is 0 Å². The molecule has 0 unspecified atom stereocenters. The first kappa shape index (κ1) is 12.0. The van der Waals surface area contributed by atoms with Gasteiger partial charge in [-0.1, -0.05) is 0 Å². The highest BCUT2D eigenvalue weighted by molar-refractivity contribution is 5.92. The Labute approximate surface area is 118 Å². The Morgan fingerprint density at radius 2 is 1.95 bits per heavy atom. The Morgan fingerprint density at radius 1 is 1.15 bits per heavy atom. The molecule has 1 saturated heterocycles. The number of pyridine rings is 1. The van der Waals surface area contributed by atoms with Crippen LogP contribution >= 0.6 is 0 Å². The normalized spacial score (nSPS) is 19.6. The second-order valence-electron chi connectivity index (χ2n) is 5.73. The number of nitrogens with one attached hydrogen (secondary N) is 1. The van der Waals surface area contributed by atoms with Gasteiger partial charge < -0.3 is 10.2 Å². The SMILES string of the molecule is Cc1nc(N2CCNCC2)c2c(C3CC3)cncc2n1. The first-order valence-corrected chi connectivity index (χ1v) is 7.41. The number of aromatic nitrogens is 3. The zero-order chi connectivity index (χ0) is 13.5. The average Bonchev–Trinajstić information content (AvgIpc) is 3.31. The lowest BCUT2D eigenvalue weighted by molar-refractivity contribution is 0.585. The van der Waals surface area contributed by atoms with Gasteiger partial charge in [-0.2, -0.15) is 0 Å². The minimum atomic E-state index is 0.666. The van der Waals surface area contributed by atoms with E-state index in [1.54, 1.807) is 0 Å². The quantitative estimate of drug-likeness (QED) is 0.898. The minimum absolute atomic E-state index is 0.666. The zero-order valence-corrected chi connectivity index (χ0v) is 11.8. The summed E-state index contributed by atoms with van der Waals surface area (Å²) in [6, 6.07) is 0. The molecule has 0 radical (unpaired) electrons. The van der Waals surface area contributed by atoms with Crippen LogP contribution in [0.15, 0.2) is 12.4 Å². The van der Waals surface area contributed by atoms with Crippen molar-refractivity contribution in [1.82, 2.24) is 20.3 Å². The van der Waals surface area contributed by atoms with Crippen molar-refractivity contribution in [2.75, 3.05) is 31.1 Å². The van der Waals surface area contributed by atoms with Gasteiger partial charge in [-0.15, -0.1) is 0 Å². The van der Waals surface area contributed by atoms with Crippen LogP contribution in [0.2, 0.25) is 0 Å². The third kappa shape index (κ3) is 2.02. The van der Waals surface area contributed by atoms with Crippen LogP contribution in [0.3, 0.4) is 0 Å². The predicted molar refractivity (Wildman–Crippen MR) is 79.1 cm³/mol. The molecule has 2 aromatic heterocycles. The first-order valence-electron chi connectivity index (χ1n) is 7.41. The molecule has 20 heavy (non-hydrogen) atoms. The Bertz CT molecular complexity index is 644. The molecule has 2 aliphatic rings. The summed E-state index contributed by atoms with van der Waals surface area (Å²) in [7, 11) is 0. The van der Waals surface area contributed by atoms with Gasteiger partial charge in [0.1, 0.15) is 11.6 Å². The Hall–Kier alpha value is -1.75. The predicted octanol–water partition coefficient (Wildman–Crippen LogP) is 1.62. The molecule has 104 valence electrons. The summed E-state index contributed by atoms with van der Waals surface area (Å²) >= 11 is 0. The molecule has 2 aromatic rings. The van der Waals surface area contributed by atoms with E-state index in [4.69, 9.17) is 4.98 Å². The molecule has 3 heterocycles. The van der Waals surface area contributed by atoms with Gasteiger partial charge in [0, 0.05) is 37.8 Å². The van der Waals surface area contributed by atoms with Crippen LogP contribution < -0.4 is 10.2 Å². The fourth-order valence-electron chi connectivity index (χ4n) is 3.01. The van der Waals surface area contributed by atoms with Gasteiger partial charge in [-0.3, -0.25) is 4.98 Å². The Kier molecular flexibility index (Phi) is 2.80. The lowest BCUT2D eigenvalue weighted by Gasteiger charge is -2.29. The zero-order valence-electron chi connectivity index (χ0n) is 11.8. The number of aryl methyl sites for hydroxylation is 1. The molecule has 0 atom stereocenters. The van der Waals surface area contributed by atoms with E-state index in [0.717, 1.165) is 43.3 Å². The van der Waals surface area contributed by atoms with E-state index in [1.807, 2.05) is 19.3 Å². The molecule has 2 fully saturated rings. The Balaban J connectivity index is 1.92. The molecule has 1 aliphatic heterocycles. The summed E-state index contributed by atoms with van der Waals surface area (Å²) in [4.78, 5) is 16.1. The molecule has 4 rings (SSSR count). The number of hydrogen-bond acceptors (Lipinski definition) is 5. The van der Waals surface area contributed by atoms with Crippen molar-refractivity contribution in [2.24, 2.45) is 0 Å². The second kappa shape index (κ2) is 4.66. The lowest BCUT2D eigenvalue weighted by Crippen LogP contribution is -2.44. The molecule has 0 spiro atoms. The number of nitrogens with zero attached hydrogens (tertiary/aromatic N) is 4. The van der Waals surface area contributed by atoms with E-state index < -0.39 is 0 Å². The number of rotatable bonds is 2. The standard InChI is InChI=1S/C15H19N5/c1-10-18-13-9-17-8-12(11-2-3-11)14(13)15(19-10)20-6-4-16-5-7-20/h8-9,11,16H,2-7H2,1H3. The second-order valence-corrected chi connectivity index (χ2v) is 5.73. The van der Waals surface area contributed by atoms with Crippen LogP contribution in [-0.2, 0) is 0 Å². The fraction of sp³-hybridized carbons (Fsp3) is 0.533. The van der Waals surface area contributed by atoms with Crippen molar-refractivity contribution in [3.63, 3.8) is 0 Å². The van der Waals surface area contributed by atoms with Crippen molar-refractivity contribution < 1.29 is 0 Å². The van der Waals surface area contributed by atoms with E-state index in [9.17, 15) is 0 Å². The Morgan fingerprint density at radius 3 is 2.70 bits per heavy atom. The van der Waals surface area contributed by atoms with Crippen molar-refractivity contribution in [3.05, 3.63) is 23.8 Å². The van der Waals surface area contributed by atoms with E-state index in [1.165, 1.54) is 23.8 Å². The number of anilines is 1. The van der Waals surface area contributed by atoms with Gasteiger partial charge in [0.15, 0.2) is 0 Å². The fourth-order valence-corrected chi connectivity index (χ4v) is 3.01. The van der Waals surface area contributed by atoms with E-state index in [0.29, 0.717) is 5.92 Å². The van der Waals surface area contributed by atoms with Crippen LogP contribution in [0, 0.1) is 6.92 Å². The molecule has 5 heteroatoms. The van der Waals surface area contributed by atoms with Crippen LogP contribution in [0.5, 0.6) is 0 Å². The van der Waals surface area contributed by atoms with E-state index in [-0.39, 0.29) is 0 Å². The molecule has 1 saturated carbocycles. The van der Waals surface area contributed by atoms with Crippen molar-refractivity contribution >= 4 is 16.7 Å². The molecule has 0 bridgehead atoms. The van der Waals surface area contributed by atoms with Crippen LogP contribution in [0.4, 0.5) is 5.82 Å². The summed E-state index contributed by atoms with van der Waals surface area (Å²) < 4.78 is 0. The highest BCUT2D eigenvalue weighted by Gasteiger charge is 2.28. The summed E-state index contributed by atoms with van der Waals surface area (Å²) in [5, 5.41) is 4.63. The highest BCUT2D eigenvalue weighted by Crippen LogP contribution is 2.44. The van der Waals surface area contributed by atoms with Crippen molar-refractivity contribution in [1.29, 1.82) is 0 Å². The van der Waals surface area contributed by atoms with Gasteiger partial charge in [0.05, 0.1) is 11.7 Å². The molecule has 1 aliphatic carbocycles. The third-order valence-electron chi connectivity index (χ3n) is 4.16. The molecule has 1 N–H and O–H groups in total. The highest BCUT2D eigenvalue weighted by atomic mass is 15.2. The lowest BCUT2D eigenvalue weighted by atomic mass is 10.1.